The van der Waals surface area contributed by atoms with Crippen molar-refractivity contribution in [3.63, 3.8) is 0 Å². The lowest BCUT2D eigenvalue weighted by molar-refractivity contribution is 0.140. The third-order valence-electron chi connectivity index (χ3n) is 5.21. The van der Waals surface area contributed by atoms with Gasteiger partial charge in [-0.3, -0.25) is 4.98 Å². The first-order valence-electron chi connectivity index (χ1n) is 9.35. The summed E-state index contributed by atoms with van der Waals surface area (Å²) in [5.41, 5.74) is 2.84. The second-order valence-electron chi connectivity index (χ2n) is 7.13. The molecule has 0 aliphatic carbocycles. The first kappa shape index (κ1) is 17.0. The van der Waals surface area contributed by atoms with Crippen molar-refractivity contribution >= 4 is 22.5 Å². The molecule has 1 aromatic carbocycles. The van der Waals surface area contributed by atoms with E-state index >= 15 is 0 Å². The third-order valence-corrected chi connectivity index (χ3v) is 5.21. The van der Waals surface area contributed by atoms with Crippen LogP contribution in [0.4, 0.5) is 11.6 Å². The van der Waals surface area contributed by atoms with Gasteiger partial charge >= 0.3 is 0 Å². The van der Waals surface area contributed by atoms with Crippen LogP contribution in [0.25, 0.3) is 10.9 Å². The van der Waals surface area contributed by atoms with Gasteiger partial charge in [0.2, 0.25) is 12.7 Å². The van der Waals surface area contributed by atoms with E-state index in [1.54, 1.807) is 18.5 Å². The van der Waals surface area contributed by atoms with Gasteiger partial charge in [-0.2, -0.15) is 0 Å². The van der Waals surface area contributed by atoms with Gasteiger partial charge in [-0.1, -0.05) is 0 Å². The molecule has 4 heterocycles. The Hall–Kier alpha value is -3.13. The lowest BCUT2D eigenvalue weighted by atomic mass is 10.00. The number of hydrogen-bond acceptors (Lipinski definition) is 8. The molecule has 0 amide bonds. The van der Waals surface area contributed by atoms with Crippen molar-refractivity contribution in [1.82, 2.24) is 15.0 Å². The number of rotatable bonds is 3. The number of pyridine rings is 1. The zero-order chi connectivity index (χ0) is 19.1. The SMILES string of the molecule is Cc1cc(N2CC[C@@H](Nc3ncccn3)[C@H](O)C2)c2cc3c(cc2n1)OCO3. The van der Waals surface area contributed by atoms with Gasteiger partial charge in [-0.25, -0.2) is 9.97 Å². The van der Waals surface area contributed by atoms with Crippen molar-refractivity contribution in [3.05, 3.63) is 42.4 Å². The molecule has 0 unspecified atom stereocenters. The number of β-amino-alcohol motifs (C(OH)–C–C–N with tert-alkyl or cyclic N) is 1. The van der Waals surface area contributed by atoms with Gasteiger partial charge in [0, 0.05) is 48.3 Å². The number of nitrogens with zero attached hydrogens (tertiary/aromatic N) is 4. The monoisotopic (exact) mass is 379 g/mol. The van der Waals surface area contributed by atoms with Crippen LogP contribution in [0.2, 0.25) is 0 Å². The molecular weight excluding hydrogens is 358 g/mol. The average Bonchev–Trinajstić information content (AvgIpc) is 3.15. The lowest BCUT2D eigenvalue weighted by Crippen LogP contribution is -2.50. The van der Waals surface area contributed by atoms with E-state index in [9.17, 15) is 5.11 Å². The van der Waals surface area contributed by atoms with Crippen LogP contribution in [0, 0.1) is 6.92 Å². The van der Waals surface area contributed by atoms with Crippen molar-refractivity contribution in [2.45, 2.75) is 25.5 Å². The molecule has 144 valence electrons. The maximum absolute atomic E-state index is 10.7. The van der Waals surface area contributed by atoms with Crippen LogP contribution in [-0.4, -0.2) is 52.1 Å². The smallest absolute Gasteiger partial charge is 0.231 e. The number of nitrogens with one attached hydrogen (secondary N) is 1. The quantitative estimate of drug-likeness (QED) is 0.715. The number of aliphatic hydroxyl groups excluding tert-OH is 1. The van der Waals surface area contributed by atoms with Crippen molar-refractivity contribution in [2.24, 2.45) is 0 Å². The summed E-state index contributed by atoms with van der Waals surface area (Å²) in [7, 11) is 0. The molecule has 0 radical (unpaired) electrons. The van der Waals surface area contributed by atoms with Gasteiger partial charge in [0.15, 0.2) is 11.5 Å². The molecular formula is C20H21N5O3. The number of hydrogen-bond donors (Lipinski definition) is 2. The summed E-state index contributed by atoms with van der Waals surface area (Å²) in [6.07, 6.45) is 3.60. The van der Waals surface area contributed by atoms with E-state index < -0.39 is 6.10 Å². The molecule has 2 aromatic heterocycles. The molecule has 5 rings (SSSR count). The maximum Gasteiger partial charge on any atom is 0.231 e. The summed E-state index contributed by atoms with van der Waals surface area (Å²) in [5, 5.41) is 15.0. The Labute approximate surface area is 162 Å². The summed E-state index contributed by atoms with van der Waals surface area (Å²) < 4.78 is 11.0. The minimum atomic E-state index is -0.546. The highest BCUT2D eigenvalue weighted by Gasteiger charge is 2.29. The summed E-state index contributed by atoms with van der Waals surface area (Å²) in [6.45, 7) is 3.52. The van der Waals surface area contributed by atoms with Gasteiger partial charge < -0.3 is 24.8 Å². The fourth-order valence-electron chi connectivity index (χ4n) is 3.85. The highest BCUT2D eigenvalue weighted by molar-refractivity contribution is 5.94. The van der Waals surface area contributed by atoms with Crippen molar-refractivity contribution < 1.29 is 14.6 Å². The topological polar surface area (TPSA) is 92.6 Å². The predicted octanol–water partition coefficient (Wildman–Crippen LogP) is 2.11. The third kappa shape index (κ3) is 3.05. The number of anilines is 2. The normalized spacial score (nSPS) is 21.1. The highest BCUT2D eigenvalue weighted by Crippen LogP contribution is 2.39. The second-order valence-corrected chi connectivity index (χ2v) is 7.13. The Kier molecular flexibility index (Phi) is 4.12. The Morgan fingerprint density at radius 2 is 1.93 bits per heavy atom. The Balaban J connectivity index is 1.42. The van der Waals surface area contributed by atoms with Gasteiger partial charge in [0.05, 0.1) is 17.7 Å². The molecule has 2 aliphatic rings. The number of benzene rings is 1. The van der Waals surface area contributed by atoms with E-state index in [4.69, 9.17) is 9.47 Å². The molecule has 3 aromatic rings. The van der Waals surface area contributed by atoms with E-state index in [-0.39, 0.29) is 12.8 Å². The summed E-state index contributed by atoms with van der Waals surface area (Å²) in [6, 6.07) is 7.64. The van der Waals surface area contributed by atoms with Crippen LogP contribution in [0.5, 0.6) is 11.5 Å². The fraction of sp³-hybridized carbons (Fsp3) is 0.350. The molecule has 2 N–H and O–H groups in total. The van der Waals surface area contributed by atoms with Crippen LogP contribution >= 0.6 is 0 Å². The molecule has 2 atom stereocenters. The van der Waals surface area contributed by atoms with Crippen LogP contribution < -0.4 is 19.7 Å². The molecule has 0 bridgehead atoms. The van der Waals surface area contributed by atoms with Gasteiger partial charge in [-0.15, -0.1) is 0 Å². The summed E-state index contributed by atoms with van der Waals surface area (Å²) in [4.78, 5) is 15.2. The molecule has 2 aliphatic heterocycles. The first-order chi connectivity index (χ1) is 13.7. The van der Waals surface area contributed by atoms with Crippen LogP contribution in [0.15, 0.2) is 36.7 Å². The zero-order valence-electron chi connectivity index (χ0n) is 15.5. The number of aliphatic hydroxyl groups is 1. The van der Waals surface area contributed by atoms with Gasteiger partial charge in [-0.05, 0) is 31.5 Å². The van der Waals surface area contributed by atoms with Crippen LogP contribution in [0.1, 0.15) is 12.1 Å². The van der Waals surface area contributed by atoms with E-state index in [2.05, 4.69) is 31.2 Å². The average molecular weight is 379 g/mol. The molecule has 8 nitrogen and oxygen atoms in total. The predicted molar refractivity (Wildman–Crippen MR) is 105 cm³/mol. The van der Waals surface area contributed by atoms with Gasteiger partial charge in [0.25, 0.3) is 0 Å². The standard InChI is InChI=1S/C20H21N5O3/c1-12-7-16(13-8-18-19(28-11-27-18)9-15(13)23-12)25-6-3-14(17(26)10-25)24-20-21-4-2-5-22-20/h2,4-5,7-9,14,17,26H,3,6,10-11H2,1H3,(H,21,22,24)/t14-,17-/m1/s1. The Morgan fingerprint density at radius 1 is 1.14 bits per heavy atom. The highest BCUT2D eigenvalue weighted by atomic mass is 16.7. The number of fused-ring (bicyclic) bond motifs is 2. The summed E-state index contributed by atoms with van der Waals surface area (Å²) >= 11 is 0. The maximum atomic E-state index is 10.7. The second kappa shape index (κ2) is 6.79. The first-order valence-corrected chi connectivity index (χ1v) is 9.35. The fourth-order valence-corrected chi connectivity index (χ4v) is 3.85. The van der Waals surface area contributed by atoms with E-state index in [1.807, 2.05) is 19.1 Å². The van der Waals surface area contributed by atoms with Gasteiger partial charge in [0.1, 0.15) is 0 Å². The minimum absolute atomic E-state index is 0.0890. The number of ether oxygens (including phenoxy) is 2. The summed E-state index contributed by atoms with van der Waals surface area (Å²) in [5.74, 6) is 2.00. The Morgan fingerprint density at radius 3 is 2.71 bits per heavy atom. The van der Waals surface area contributed by atoms with Crippen LogP contribution in [-0.2, 0) is 0 Å². The van der Waals surface area contributed by atoms with E-state index in [0.717, 1.165) is 46.7 Å². The van der Waals surface area contributed by atoms with E-state index in [0.29, 0.717) is 12.5 Å². The lowest BCUT2D eigenvalue weighted by Gasteiger charge is -2.38. The molecule has 8 heteroatoms. The van der Waals surface area contributed by atoms with E-state index in [1.165, 1.54) is 0 Å². The minimum Gasteiger partial charge on any atom is -0.454 e. The number of piperidine rings is 1. The van der Waals surface area contributed by atoms with Crippen molar-refractivity contribution in [1.29, 1.82) is 0 Å². The largest absolute Gasteiger partial charge is 0.454 e. The number of aromatic nitrogens is 3. The number of aryl methyl sites for hydroxylation is 1. The molecule has 28 heavy (non-hydrogen) atoms. The zero-order valence-corrected chi connectivity index (χ0v) is 15.5. The molecule has 1 fully saturated rings. The molecule has 0 saturated carbocycles. The van der Waals surface area contributed by atoms with Crippen LogP contribution in [0.3, 0.4) is 0 Å². The molecule has 0 spiro atoms. The van der Waals surface area contributed by atoms with Crippen molar-refractivity contribution in [2.75, 3.05) is 30.1 Å². The Bertz CT molecular complexity index is 1010. The van der Waals surface area contributed by atoms with Crippen molar-refractivity contribution in [3.8, 4) is 11.5 Å². The molecule has 1 saturated heterocycles.